The van der Waals surface area contributed by atoms with Crippen molar-refractivity contribution in [3.05, 3.63) is 29.6 Å². The summed E-state index contributed by atoms with van der Waals surface area (Å²) >= 11 is 0. The maximum Gasteiger partial charge on any atom is 0.249 e. The second kappa shape index (κ2) is 4.19. The molecule has 2 N–H and O–H groups in total. The van der Waals surface area contributed by atoms with Crippen molar-refractivity contribution in [3.63, 3.8) is 0 Å². The molecule has 1 amide bonds. The number of nitrogens with zero attached hydrogens (tertiary/aromatic N) is 3. The molecule has 0 aromatic carbocycles. The summed E-state index contributed by atoms with van der Waals surface area (Å²) in [5.41, 5.74) is 6.67. The lowest BCUT2D eigenvalue weighted by Gasteiger charge is -2.12. The third-order valence-electron chi connectivity index (χ3n) is 2.89. The second-order valence-corrected chi connectivity index (χ2v) is 3.86. The number of aromatic nitrogens is 1. The Hall–Kier alpha value is -2.09. The van der Waals surface area contributed by atoms with Crippen LogP contribution in [0.15, 0.2) is 18.5 Å². The average Bonchev–Trinajstić information content (AvgIpc) is 2.77. The van der Waals surface area contributed by atoms with E-state index >= 15 is 0 Å². The molecule has 1 aliphatic heterocycles. The van der Waals surface area contributed by atoms with Crippen molar-refractivity contribution >= 4 is 5.91 Å². The third-order valence-corrected chi connectivity index (χ3v) is 2.89. The molecule has 1 atom stereocenters. The van der Waals surface area contributed by atoms with E-state index in [1.807, 2.05) is 0 Å². The van der Waals surface area contributed by atoms with Crippen LogP contribution in [0.1, 0.15) is 28.3 Å². The molecular formula is C11H12N4O. The highest BCUT2D eigenvalue weighted by molar-refractivity contribution is 5.94. The predicted octanol–water partition coefficient (Wildman–Crippen LogP) is 0.451. The van der Waals surface area contributed by atoms with Gasteiger partial charge in [-0.2, -0.15) is 5.26 Å². The quantitative estimate of drug-likeness (QED) is 0.727. The Bertz CT molecular complexity index is 452. The van der Waals surface area contributed by atoms with Crippen molar-refractivity contribution in [3.8, 4) is 6.19 Å². The van der Waals surface area contributed by atoms with E-state index in [1.165, 1.54) is 0 Å². The monoisotopic (exact) mass is 216 g/mol. The standard InChI is InChI=1S/C11H12N4O/c12-7-15-4-2-8(6-15)10-5-14-3-1-9(10)11(13)16/h1,3,5,8H,2,4,6H2,(H2,13,16). The van der Waals surface area contributed by atoms with E-state index in [4.69, 9.17) is 11.0 Å². The number of pyridine rings is 1. The number of rotatable bonds is 2. The average molecular weight is 216 g/mol. The molecule has 1 aromatic rings. The molecule has 1 saturated heterocycles. The van der Waals surface area contributed by atoms with Crippen LogP contribution in [-0.2, 0) is 0 Å². The summed E-state index contributed by atoms with van der Waals surface area (Å²) < 4.78 is 0. The lowest BCUT2D eigenvalue weighted by Crippen LogP contribution is -2.17. The maximum atomic E-state index is 11.2. The number of carbonyl (C=O) groups excluding carboxylic acids is 1. The number of hydrogen-bond donors (Lipinski definition) is 1. The van der Waals surface area contributed by atoms with E-state index in [1.54, 1.807) is 23.4 Å². The van der Waals surface area contributed by atoms with Crippen LogP contribution in [0, 0.1) is 11.5 Å². The van der Waals surface area contributed by atoms with Crippen LogP contribution < -0.4 is 5.73 Å². The molecule has 1 unspecified atom stereocenters. The van der Waals surface area contributed by atoms with E-state index in [0.29, 0.717) is 12.1 Å². The van der Waals surface area contributed by atoms with Gasteiger partial charge in [0.15, 0.2) is 6.19 Å². The van der Waals surface area contributed by atoms with Gasteiger partial charge in [0.2, 0.25) is 5.91 Å². The Morgan fingerprint density at radius 1 is 1.69 bits per heavy atom. The van der Waals surface area contributed by atoms with Gasteiger partial charge in [-0.05, 0) is 18.1 Å². The minimum absolute atomic E-state index is 0.177. The number of carbonyl (C=O) groups is 1. The van der Waals surface area contributed by atoms with Crippen LogP contribution in [0.4, 0.5) is 0 Å². The summed E-state index contributed by atoms with van der Waals surface area (Å²) in [7, 11) is 0. The molecule has 1 aromatic heterocycles. The number of likely N-dealkylation sites (tertiary alicyclic amines) is 1. The van der Waals surface area contributed by atoms with Crippen LogP contribution in [0.2, 0.25) is 0 Å². The lowest BCUT2D eigenvalue weighted by atomic mass is 9.95. The van der Waals surface area contributed by atoms with Gasteiger partial charge in [-0.15, -0.1) is 0 Å². The molecule has 2 heterocycles. The summed E-state index contributed by atoms with van der Waals surface area (Å²) in [5, 5.41) is 8.78. The summed E-state index contributed by atoms with van der Waals surface area (Å²) in [5.74, 6) is -0.261. The van der Waals surface area contributed by atoms with Gasteiger partial charge in [0.05, 0.1) is 0 Å². The predicted molar refractivity (Wildman–Crippen MR) is 57.3 cm³/mol. The van der Waals surface area contributed by atoms with Gasteiger partial charge in [0.25, 0.3) is 0 Å². The van der Waals surface area contributed by atoms with Crippen LogP contribution in [0.5, 0.6) is 0 Å². The molecule has 2 rings (SSSR count). The molecule has 16 heavy (non-hydrogen) atoms. The van der Waals surface area contributed by atoms with Crippen molar-refractivity contribution in [1.29, 1.82) is 5.26 Å². The zero-order valence-corrected chi connectivity index (χ0v) is 8.76. The number of amides is 1. The van der Waals surface area contributed by atoms with Crippen molar-refractivity contribution < 1.29 is 4.79 Å². The zero-order chi connectivity index (χ0) is 11.5. The molecular weight excluding hydrogens is 204 g/mol. The zero-order valence-electron chi connectivity index (χ0n) is 8.76. The topological polar surface area (TPSA) is 83.0 Å². The van der Waals surface area contributed by atoms with Gasteiger partial charge in [-0.3, -0.25) is 9.78 Å². The normalized spacial score (nSPS) is 19.4. The highest BCUT2D eigenvalue weighted by atomic mass is 16.1. The Morgan fingerprint density at radius 3 is 3.12 bits per heavy atom. The van der Waals surface area contributed by atoms with Crippen molar-refractivity contribution in [2.75, 3.05) is 13.1 Å². The van der Waals surface area contributed by atoms with Gasteiger partial charge < -0.3 is 10.6 Å². The first-order valence-corrected chi connectivity index (χ1v) is 5.10. The molecule has 82 valence electrons. The Morgan fingerprint density at radius 2 is 2.50 bits per heavy atom. The van der Waals surface area contributed by atoms with E-state index in [9.17, 15) is 4.79 Å². The highest BCUT2D eigenvalue weighted by Crippen LogP contribution is 2.28. The summed E-state index contributed by atoms with van der Waals surface area (Å²) in [4.78, 5) is 16.9. The molecule has 0 bridgehead atoms. The highest BCUT2D eigenvalue weighted by Gasteiger charge is 2.26. The summed E-state index contributed by atoms with van der Waals surface area (Å²) in [6, 6.07) is 1.63. The van der Waals surface area contributed by atoms with Crippen LogP contribution in [0.25, 0.3) is 0 Å². The number of primary amides is 1. The smallest absolute Gasteiger partial charge is 0.249 e. The van der Waals surface area contributed by atoms with Gasteiger partial charge in [-0.1, -0.05) is 0 Å². The lowest BCUT2D eigenvalue weighted by molar-refractivity contribution is 0.0999. The van der Waals surface area contributed by atoms with E-state index in [-0.39, 0.29) is 5.92 Å². The fourth-order valence-electron chi connectivity index (χ4n) is 2.06. The fraction of sp³-hybridized carbons (Fsp3) is 0.364. The van der Waals surface area contributed by atoms with Crippen LogP contribution in [0.3, 0.4) is 0 Å². The van der Waals surface area contributed by atoms with Crippen molar-refractivity contribution in [2.45, 2.75) is 12.3 Å². The van der Waals surface area contributed by atoms with Gasteiger partial charge in [0.1, 0.15) is 0 Å². The minimum Gasteiger partial charge on any atom is -0.366 e. The molecule has 0 saturated carbocycles. The molecule has 0 spiro atoms. The fourth-order valence-corrected chi connectivity index (χ4v) is 2.06. The van der Waals surface area contributed by atoms with Crippen LogP contribution in [-0.4, -0.2) is 28.9 Å². The van der Waals surface area contributed by atoms with Crippen LogP contribution >= 0.6 is 0 Å². The first-order chi connectivity index (χ1) is 7.72. The molecule has 0 radical (unpaired) electrons. The van der Waals surface area contributed by atoms with Gasteiger partial charge >= 0.3 is 0 Å². The van der Waals surface area contributed by atoms with Gasteiger partial charge in [0, 0.05) is 37.0 Å². The van der Waals surface area contributed by atoms with E-state index in [2.05, 4.69) is 11.2 Å². The largest absolute Gasteiger partial charge is 0.366 e. The summed E-state index contributed by atoms with van der Waals surface area (Å²) in [6.45, 7) is 1.37. The molecule has 5 nitrogen and oxygen atoms in total. The molecule has 0 aliphatic carbocycles. The maximum absolute atomic E-state index is 11.2. The Balaban J connectivity index is 2.28. The van der Waals surface area contributed by atoms with E-state index in [0.717, 1.165) is 18.5 Å². The van der Waals surface area contributed by atoms with Crippen molar-refractivity contribution in [1.82, 2.24) is 9.88 Å². The number of nitrogens with two attached hydrogens (primary N) is 1. The molecule has 5 heteroatoms. The Labute approximate surface area is 93.5 Å². The van der Waals surface area contributed by atoms with E-state index < -0.39 is 5.91 Å². The SMILES string of the molecule is N#CN1CCC(c2cnccc2C(N)=O)C1. The second-order valence-electron chi connectivity index (χ2n) is 3.86. The Kier molecular flexibility index (Phi) is 2.73. The first kappa shape index (κ1) is 10.4. The van der Waals surface area contributed by atoms with Gasteiger partial charge in [-0.25, -0.2) is 0 Å². The molecule has 1 aliphatic rings. The first-order valence-electron chi connectivity index (χ1n) is 5.10. The number of hydrogen-bond acceptors (Lipinski definition) is 4. The summed E-state index contributed by atoms with van der Waals surface area (Å²) in [6.07, 6.45) is 6.20. The molecule has 1 fully saturated rings. The number of nitriles is 1. The minimum atomic E-state index is -0.437. The van der Waals surface area contributed by atoms with Crippen molar-refractivity contribution in [2.24, 2.45) is 5.73 Å². The third kappa shape index (κ3) is 1.82.